The van der Waals surface area contributed by atoms with Gasteiger partial charge in [0.1, 0.15) is 0 Å². The third-order valence-electron chi connectivity index (χ3n) is 3.87. The van der Waals surface area contributed by atoms with Crippen LogP contribution in [0.2, 0.25) is 0 Å². The Kier molecular flexibility index (Phi) is 8.68. The van der Waals surface area contributed by atoms with E-state index in [1.54, 1.807) is 0 Å². The molecule has 21 heavy (non-hydrogen) atoms. The van der Waals surface area contributed by atoms with Crippen LogP contribution in [-0.2, 0) is 12.8 Å². The summed E-state index contributed by atoms with van der Waals surface area (Å²) < 4.78 is 0. The van der Waals surface area contributed by atoms with Crippen molar-refractivity contribution in [1.29, 1.82) is 0 Å². The molecule has 0 radical (unpaired) electrons. The van der Waals surface area contributed by atoms with E-state index in [-0.39, 0.29) is 0 Å². The Hall–Kier alpha value is -0.820. The molecule has 0 fully saturated rings. The van der Waals surface area contributed by atoms with E-state index >= 15 is 0 Å². The topological polar surface area (TPSA) is 3.24 Å². The van der Waals surface area contributed by atoms with E-state index in [9.17, 15) is 0 Å². The highest BCUT2D eigenvalue weighted by Gasteiger charge is 2.08. The quantitative estimate of drug-likeness (QED) is 0.536. The fourth-order valence-corrected chi connectivity index (χ4v) is 2.90. The van der Waals surface area contributed by atoms with Crippen molar-refractivity contribution >= 4 is 0 Å². The number of nitrogens with zero attached hydrogens (tertiary/aromatic N) is 1. The summed E-state index contributed by atoms with van der Waals surface area (Å²) in [6, 6.07) is 9.16. The van der Waals surface area contributed by atoms with Crippen LogP contribution in [0.25, 0.3) is 0 Å². The van der Waals surface area contributed by atoms with Crippen LogP contribution in [0.4, 0.5) is 0 Å². The zero-order chi connectivity index (χ0) is 15.7. The molecular formula is C20H35N. The summed E-state index contributed by atoms with van der Waals surface area (Å²) in [5.74, 6) is 1.54. The smallest absolute Gasteiger partial charge is 0.000449 e. The van der Waals surface area contributed by atoms with Gasteiger partial charge in [-0.15, -0.1) is 0 Å². The molecule has 1 rings (SSSR count). The third-order valence-corrected chi connectivity index (χ3v) is 3.87. The van der Waals surface area contributed by atoms with E-state index in [4.69, 9.17) is 0 Å². The van der Waals surface area contributed by atoms with Gasteiger partial charge >= 0.3 is 0 Å². The van der Waals surface area contributed by atoms with Gasteiger partial charge in [-0.05, 0) is 55.2 Å². The first-order valence-corrected chi connectivity index (χ1v) is 8.81. The molecule has 0 spiro atoms. The summed E-state index contributed by atoms with van der Waals surface area (Å²) in [4.78, 5) is 2.65. The van der Waals surface area contributed by atoms with Gasteiger partial charge in [0, 0.05) is 13.1 Å². The molecule has 0 aliphatic rings. The molecular weight excluding hydrogens is 254 g/mol. The van der Waals surface area contributed by atoms with Crippen LogP contribution in [-0.4, -0.2) is 24.5 Å². The van der Waals surface area contributed by atoms with E-state index < -0.39 is 0 Å². The van der Waals surface area contributed by atoms with E-state index in [0.717, 1.165) is 18.3 Å². The molecule has 0 saturated carbocycles. The first kappa shape index (κ1) is 18.2. The molecule has 0 aromatic heterocycles. The van der Waals surface area contributed by atoms with Gasteiger partial charge in [-0.2, -0.15) is 0 Å². The lowest BCUT2D eigenvalue weighted by Gasteiger charge is -2.26. The van der Waals surface area contributed by atoms with Crippen LogP contribution < -0.4 is 0 Å². The van der Waals surface area contributed by atoms with E-state index in [0.29, 0.717) is 0 Å². The summed E-state index contributed by atoms with van der Waals surface area (Å²) in [5.41, 5.74) is 2.94. The minimum atomic E-state index is 0.769. The molecule has 0 aliphatic heterocycles. The van der Waals surface area contributed by atoms with Crippen molar-refractivity contribution < 1.29 is 0 Å². The molecule has 0 atom stereocenters. The van der Waals surface area contributed by atoms with Crippen molar-refractivity contribution in [3.63, 3.8) is 0 Å². The molecule has 120 valence electrons. The Bertz CT molecular complexity index is 354. The van der Waals surface area contributed by atoms with Gasteiger partial charge in [0.2, 0.25) is 0 Å². The van der Waals surface area contributed by atoms with Crippen LogP contribution in [0, 0.1) is 11.8 Å². The second kappa shape index (κ2) is 10.00. The fraction of sp³-hybridized carbons (Fsp3) is 0.700. The molecule has 1 aromatic carbocycles. The second-order valence-electron chi connectivity index (χ2n) is 7.17. The van der Waals surface area contributed by atoms with Gasteiger partial charge in [0.15, 0.2) is 0 Å². The number of rotatable bonds is 10. The predicted molar refractivity (Wildman–Crippen MR) is 94.9 cm³/mol. The summed E-state index contributed by atoms with van der Waals surface area (Å²) in [5, 5.41) is 0. The summed E-state index contributed by atoms with van der Waals surface area (Å²) in [6.07, 6.45) is 4.98. The molecule has 0 amide bonds. The van der Waals surface area contributed by atoms with E-state index in [1.807, 2.05) is 0 Å². The van der Waals surface area contributed by atoms with Crippen molar-refractivity contribution in [2.24, 2.45) is 11.8 Å². The minimum absolute atomic E-state index is 0.769. The van der Waals surface area contributed by atoms with Crippen LogP contribution in [0.5, 0.6) is 0 Å². The average molecular weight is 290 g/mol. The van der Waals surface area contributed by atoms with E-state index in [2.05, 4.69) is 63.8 Å². The number of aryl methyl sites for hydroxylation is 2. The summed E-state index contributed by atoms with van der Waals surface area (Å²) >= 11 is 0. The monoisotopic (exact) mass is 289 g/mol. The predicted octanol–water partition coefficient (Wildman–Crippen LogP) is 5.19. The van der Waals surface area contributed by atoms with Crippen molar-refractivity contribution in [2.75, 3.05) is 19.6 Å². The largest absolute Gasteiger partial charge is 0.303 e. The maximum atomic E-state index is 2.65. The van der Waals surface area contributed by atoms with Crippen molar-refractivity contribution in [3.8, 4) is 0 Å². The van der Waals surface area contributed by atoms with Crippen molar-refractivity contribution in [1.82, 2.24) is 4.90 Å². The first-order valence-electron chi connectivity index (χ1n) is 8.81. The number of unbranched alkanes of at least 4 members (excludes halogenated alkanes) is 1. The summed E-state index contributed by atoms with van der Waals surface area (Å²) in [6.45, 7) is 15.2. The molecule has 0 unspecified atom stereocenters. The maximum Gasteiger partial charge on any atom is 0.000449 e. The van der Waals surface area contributed by atoms with Crippen LogP contribution in [0.1, 0.15) is 58.6 Å². The molecule has 0 N–H and O–H groups in total. The lowest BCUT2D eigenvalue weighted by molar-refractivity contribution is 0.215. The fourth-order valence-electron chi connectivity index (χ4n) is 2.90. The van der Waals surface area contributed by atoms with Gasteiger partial charge in [-0.3, -0.25) is 0 Å². The number of benzene rings is 1. The Morgan fingerprint density at radius 3 is 1.81 bits per heavy atom. The molecule has 0 heterocycles. The Morgan fingerprint density at radius 1 is 0.810 bits per heavy atom. The Morgan fingerprint density at radius 2 is 1.33 bits per heavy atom. The zero-order valence-electron chi connectivity index (χ0n) is 14.9. The lowest BCUT2D eigenvalue weighted by Crippen LogP contribution is -2.32. The van der Waals surface area contributed by atoms with Gasteiger partial charge in [0.25, 0.3) is 0 Å². The molecule has 1 nitrogen and oxygen atoms in total. The standard InChI is InChI=1S/C20H35N/c1-6-19-10-12-20(13-11-19)9-7-8-14-21(15-17(2)3)16-18(4)5/h10-13,17-18H,6-9,14-16H2,1-5H3. The highest BCUT2D eigenvalue weighted by Crippen LogP contribution is 2.10. The minimum Gasteiger partial charge on any atom is -0.303 e. The number of hydrogen-bond donors (Lipinski definition) is 0. The van der Waals surface area contributed by atoms with E-state index in [1.165, 1.54) is 50.0 Å². The highest BCUT2D eigenvalue weighted by molar-refractivity contribution is 5.22. The second-order valence-corrected chi connectivity index (χ2v) is 7.17. The van der Waals surface area contributed by atoms with Crippen LogP contribution in [0.3, 0.4) is 0 Å². The molecule has 1 aromatic rings. The van der Waals surface area contributed by atoms with Crippen LogP contribution in [0.15, 0.2) is 24.3 Å². The van der Waals surface area contributed by atoms with Crippen molar-refractivity contribution in [2.45, 2.75) is 60.3 Å². The van der Waals surface area contributed by atoms with Gasteiger partial charge in [-0.25, -0.2) is 0 Å². The SMILES string of the molecule is CCc1ccc(CCCCN(CC(C)C)CC(C)C)cc1. The summed E-state index contributed by atoms with van der Waals surface area (Å²) in [7, 11) is 0. The maximum absolute atomic E-state index is 2.65. The number of hydrogen-bond acceptors (Lipinski definition) is 1. The average Bonchev–Trinajstić information content (AvgIpc) is 2.43. The first-order chi connectivity index (χ1) is 10.0. The van der Waals surface area contributed by atoms with Crippen molar-refractivity contribution in [3.05, 3.63) is 35.4 Å². The van der Waals surface area contributed by atoms with Gasteiger partial charge in [0.05, 0.1) is 0 Å². The Labute approximate surface area is 132 Å². The molecule has 0 aliphatic carbocycles. The molecule has 0 bridgehead atoms. The third kappa shape index (κ3) is 8.26. The normalized spacial score (nSPS) is 11.8. The molecule has 1 heteroatoms. The Balaban J connectivity index is 2.29. The van der Waals surface area contributed by atoms with Gasteiger partial charge < -0.3 is 4.90 Å². The van der Waals surface area contributed by atoms with Gasteiger partial charge in [-0.1, -0.05) is 58.9 Å². The zero-order valence-corrected chi connectivity index (χ0v) is 14.9. The van der Waals surface area contributed by atoms with Crippen LogP contribution >= 0.6 is 0 Å². The lowest BCUT2D eigenvalue weighted by atomic mass is 10.0. The highest BCUT2D eigenvalue weighted by atomic mass is 15.1. The molecule has 0 saturated heterocycles.